The zero-order valence-corrected chi connectivity index (χ0v) is 15.1. The predicted molar refractivity (Wildman–Crippen MR) is 95.5 cm³/mol. The molecule has 5 heteroatoms. The molecule has 24 heavy (non-hydrogen) atoms. The van der Waals surface area contributed by atoms with Crippen LogP contribution in [0.2, 0.25) is 0 Å². The first-order valence-corrected chi connectivity index (χ1v) is 8.37. The van der Waals surface area contributed by atoms with E-state index in [1.807, 2.05) is 19.9 Å². The molecule has 0 aliphatic heterocycles. The predicted octanol–water partition coefficient (Wildman–Crippen LogP) is 4.83. The standard InChI is InChI=1S/C19H17BrFNO2/c1-3-22(4-2)19(23)24-18-7-5-6-17(20)16(18)13-10-14-8-11-15(21)12-9-14/h5-9,11-12H,3-4H2,1-2H3. The highest BCUT2D eigenvalue weighted by Gasteiger charge is 2.15. The van der Waals surface area contributed by atoms with Crippen LogP contribution >= 0.6 is 15.9 Å². The van der Waals surface area contributed by atoms with Crippen molar-refractivity contribution in [2.75, 3.05) is 13.1 Å². The smallest absolute Gasteiger partial charge is 0.409 e. The summed E-state index contributed by atoms with van der Waals surface area (Å²) in [6.07, 6.45) is -0.414. The number of hydrogen-bond donors (Lipinski definition) is 0. The van der Waals surface area contributed by atoms with Crippen LogP contribution < -0.4 is 4.74 Å². The topological polar surface area (TPSA) is 29.5 Å². The largest absolute Gasteiger partial charge is 0.415 e. The quantitative estimate of drug-likeness (QED) is 0.703. The molecule has 0 atom stereocenters. The van der Waals surface area contributed by atoms with Gasteiger partial charge in [0.2, 0.25) is 0 Å². The lowest BCUT2D eigenvalue weighted by Crippen LogP contribution is -2.33. The second-order valence-electron chi connectivity index (χ2n) is 4.91. The molecule has 0 saturated carbocycles. The van der Waals surface area contributed by atoms with E-state index in [0.29, 0.717) is 30.0 Å². The first-order valence-electron chi connectivity index (χ1n) is 7.58. The van der Waals surface area contributed by atoms with Gasteiger partial charge in [-0.25, -0.2) is 9.18 Å². The van der Waals surface area contributed by atoms with Gasteiger partial charge < -0.3 is 9.64 Å². The number of rotatable bonds is 3. The summed E-state index contributed by atoms with van der Waals surface area (Å²) < 4.78 is 19.1. The Bertz CT molecular complexity index is 774. The molecule has 0 aliphatic rings. The molecule has 0 radical (unpaired) electrons. The maximum Gasteiger partial charge on any atom is 0.415 e. The zero-order valence-electron chi connectivity index (χ0n) is 13.5. The molecular weight excluding hydrogens is 373 g/mol. The van der Waals surface area contributed by atoms with Gasteiger partial charge in [-0.2, -0.15) is 0 Å². The Labute approximate surface area is 149 Å². The van der Waals surface area contributed by atoms with Crippen molar-refractivity contribution < 1.29 is 13.9 Å². The van der Waals surface area contributed by atoms with Crippen molar-refractivity contribution in [3.05, 3.63) is 63.9 Å². The minimum absolute atomic E-state index is 0.310. The lowest BCUT2D eigenvalue weighted by atomic mass is 10.1. The number of nitrogens with zero attached hydrogens (tertiary/aromatic N) is 1. The Balaban J connectivity index is 2.30. The van der Waals surface area contributed by atoms with Gasteiger partial charge in [0.15, 0.2) is 0 Å². The SMILES string of the molecule is CCN(CC)C(=O)Oc1cccc(Br)c1C#Cc1ccc(F)cc1. The first-order chi connectivity index (χ1) is 11.5. The molecule has 0 aromatic heterocycles. The average Bonchev–Trinajstić information content (AvgIpc) is 2.57. The summed E-state index contributed by atoms with van der Waals surface area (Å²) in [4.78, 5) is 13.7. The van der Waals surface area contributed by atoms with Crippen LogP contribution in [0.25, 0.3) is 0 Å². The molecule has 0 N–H and O–H groups in total. The molecule has 0 aliphatic carbocycles. The van der Waals surface area contributed by atoms with Crippen LogP contribution in [0.4, 0.5) is 9.18 Å². The number of carbonyl (C=O) groups excluding carboxylic acids is 1. The molecule has 0 saturated heterocycles. The molecule has 2 rings (SSSR count). The van der Waals surface area contributed by atoms with Gasteiger partial charge in [0.05, 0.1) is 5.56 Å². The van der Waals surface area contributed by atoms with Crippen molar-refractivity contribution >= 4 is 22.0 Å². The minimum atomic E-state index is -0.414. The lowest BCUT2D eigenvalue weighted by Gasteiger charge is -2.18. The maximum atomic E-state index is 12.9. The first kappa shape index (κ1) is 18.0. The maximum absolute atomic E-state index is 12.9. The zero-order chi connectivity index (χ0) is 17.5. The second kappa shape index (κ2) is 8.51. The van der Waals surface area contributed by atoms with E-state index in [2.05, 4.69) is 27.8 Å². The Morgan fingerprint density at radius 1 is 1.12 bits per heavy atom. The summed E-state index contributed by atoms with van der Waals surface area (Å²) in [6, 6.07) is 11.2. The molecule has 0 unspecified atom stereocenters. The molecular formula is C19H17BrFNO2. The van der Waals surface area contributed by atoms with E-state index in [0.717, 1.165) is 4.47 Å². The summed E-state index contributed by atoms with van der Waals surface area (Å²) >= 11 is 3.43. The Hall–Kier alpha value is -2.32. The summed E-state index contributed by atoms with van der Waals surface area (Å²) in [6.45, 7) is 4.92. The fraction of sp³-hybridized carbons (Fsp3) is 0.211. The average molecular weight is 390 g/mol. The van der Waals surface area contributed by atoms with Crippen LogP contribution in [-0.4, -0.2) is 24.1 Å². The number of carbonyl (C=O) groups is 1. The summed E-state index contributed by atoms with van der Waals surface area (Å²) in [5.74, 6) is 6.01. The Morgan fingerprint density at radius 3 is 2.42 bits per heavy atom. The van der Waals surface area contributed by atoms with Crippen LogP contribution in [0.5, 0.6) is 5.75 Å². The van der Waals surface area contributed by atoms with Gasteiger partial charge in [0.25, 0.3) is 0 Å². The fourth-order valence-corrected chi connectivity index (χ4v) is 2.47. The summed E-state index contributed by atoms with van der Waals surface area (Å²) in [7, 11) is 0. The van der Waals surface area contributed by atoms with E-state index >= 15 is 0 Å². The third kappa shape index (κ3) is 4.59. The lowest BCUT2D eigenvalue weighted by molar-refractivity contribution is 0.157. The van der Waals surface area contributed by atoms with Gasteiger partial charge in [-0.15, -0.1) is 0 Å². The number of benzene rings is 2. The summed E-state index contributed by atoms with van der Waals surface area (Å²) in [5, 5.41) is 0. The molecule has 0 spiro atoms. The van der Waals surface area contributed by atoms with Gasteiger partial charge in [0, 0.05) is 23.1 Å². The highest BCUT2D eigenvalue weighted by Crippen LogP contribution is 2.26. The van der Waals surface area contributed by atoms with Crippen molar-refractivity contribution in [2.45, 2.75) is 13.8 Å². The van der Waals surface area contributed by atoms with E-state index < -0.39 is 6.09 Å². The molecule has 1 amide bonds. The van der Waals surface area contributed by atoms with Crippen LogP contribution in [0.15, 0.2) is 46.9 Å². The molecule has 3 nitrogen and oxygen atoms in total. The molecule has 124 valence electrons. The Morgan fingerprint density at radius 2 is 1.79 bits per heavy atom. The number of halogens is 2. The minimum Gasteiger partial charge on any atom is -0.409 e. The van der Waals surface area contributed by atoms with Gasteiger partial charge >= 0.3 is 6.09 Å². The Kier molecular flexibility index (Phi) is 6.39. The monoisotopic (exact) mass is 389 g/mol. The second-order valence-corrected chi connectivity index (χ2v) is 5.76. The third-order valence-electron chi connectivity index (χ3n) is 3.37. The van der Waals surface area contributed by atoms with Gasteiger partial charge in [-0.1, -0.05) is 17.9 Å². The molecule has 0 fully saturated rings. The van der Waals surface area contributed by atoms with E-state index in [9.17, 15) is 9.18 Å². The highest BCUT2D eigenvalue weighted by molar-refractivity contribution is 9.10. The number of amides is 1. The number of hydrogen-bond acceptors (Lipinski definition) is 2. The number of ether oxygens (including phenoxy) is 1. The highest BCUT2D eigenvalue weighted by atomic mass is 79.9. The van der Waals surface area contributed by atoms with Crippen LogP contribution in [0, 0.1) is 17.7 Å². The molecule has 0 heterocycles. The van der Waals surface area contributed by atoms with E-state index in [1.165, 1.54) is 12.1 Å². The van der Waals surface area contributed by atoms with Gasteiger partial charge in [-0.3, -0.25) is 0 Å². The molecule has 2 aromatic rings. The molecule has 2 aromatic carbocycles. The van der Waals surface area contributed by atoms with Crippen molar-refractivity contribution in [3.8, 4) is 17.6 Å². The van der Waals surface area contributed by atoms with Crippen LogP contribution in [-0.2, 0) is 0 Å². The van der Waals surface area contributed by atoms with E-state index in [-0.39, 0.29) is 5.82 Å². The van der Waals surface area contributed by atoms with Crippen LogP contribution in [0.3, 0.4) is 0 Å². The van der Waals surface area contributed by atoms with Gasteiger partial charge in [0.1, 0.15) is 11.6 Å². The summed E-state index contributed by atoms with van der Waals surface area (Å²) in [5.41, 5.74) is 1.25. The van der Waals surface area contributed by atoms with Crippen molar-refractivity contribution in [2.24, 2.45) is 0 Å². The van der Waals surface area contributed by atoms with Crippen molar-refractivity contribution in [1.29, 1.82) is 0 Å². The van der Waals surface area contributed by atoms with Gasteiger partial charge in [-0.05, 0) is 66.2 Å². The third-order valence-corrected chi connectivity index (χ3v) is 4.03. The van der Waals surface area contributed by atoms with Crippen LogP contribution in [0.1, 0.15) is 25.0 Å². The van der Waals surface area contributed by atoms with E-state index in [4.69, 9.17) is 4.74 Å². The molecule has 0 bridgehead atoms. The van der Waals surface area contributed by atoms with Crippen molar-refractivity contribution in [1.82, 2.24) is 4.90 Å². The van der Waals surface area contributed by atoms with E-state index in [1.54, 1.807) is 29.2 Å². The normalized spacial score (nSPS) is 9.83. The fourth-order valence-electron chi connectivity index (χ4n) is 2.02. The van der Waals surface area contributed by atoms with Crippen molar-refractivity contribution in [3.63, 3.8) is 0 Å².